The fourth-order valence-corrected chi connectivity index (χ4v) is 4.27. The van der Waals surface area contributed by atoms with E-state index in [2.05, 4.69) is 27.6 Å². The largest absolute Gasteiger partial charge is 0.493 e. The molecule has 0 radical (unpaired) electrons. The molecule has 0 fully saturated rings. The number of nitro groups is 1. The number of halogens is 1. The lowest BCUT2D eigenvalue weighted by Crippen LogP contribution is -2.06. The summed E-state index contributed by atoms with van der Waals surface area (Å²) in [5.74, 6) is 0.622. The van der Waals surface area contributed by atoms with Crippen LogP contribution in [0.2, 0.25) is 0 Å². The topological polar surface area (TPSA) is 100 Å². The normalized spacial score (nSPS) is 14.0. The van der Waals surface area contributed by atoms with Crippen LogP contribution in [0.25, 0.3) is 6.08 Å². The monoisotopic (exact) mass is 584 g/mol. The second-order valence-electron chi connectivity index (χ2n) is 7.90. The van der Waals surface area contributed by atoms with Gasteiger partial charge < -0.3 is 14.2 Å². The van der Waals surface area contributed by atoms with Crippen molar-refractivity contribution in [1.29, 1.82) is 0 Å². The van der Waals surface area contributed by atoms with Crippen molar-refractivity contribution in [3.05, 3.63) is 102 Å². The van der Waals surface area contributed by atoms with Gasteiger partial charge in [-0.05, 0) is 77.9 Å². The lowest BCUT2D eigenvalue weighted by molar-refractivity contribution is -0.385. The van der Waals surface area contributed by atoms with E-state index in [0.717, 1.165) is 9.13 Å². The summed E-state index contributed by atoms with van der Waals surface area (Å²) in [7, 11) is 1.55. The number of ether oxygens (including phenoxy) is 3. The summed E-state index contributed by atoms with van der Waals surface area (Å²) in [6.45, 7) is 4.04. The van der Waals surface area contributed by atoms with E-state index in [9.17, 15) is 14.9 Å². The quantitative estimate of drug-likeness (QED) is 0.115. The fourth-order valence-electron chi connectivity index (χ4n) is 3.49. The second-order valence-corrected chi connectivity index (χ2v) is 9.07. The first-order valence-electron chi connectivity index (χ1n) is 10.6. The maximum absolute atomic E-state index is 12.4. The van der Waals surface area contributed by atoms with Gasteiger partial charge >= 0.3 is 5.97 Å². The zero-order valence-corrected chi connectivity index (χ0v) is 21.4. The van der Waals surface area contributed by atoms with Crippen LogP contribution in [0.3, 0.4) is 0 Å². The molecule has 9 heteroatoms. The fraction of sp³-hybridized carbons (Fsp3) is 0.154. The molecule has 0 unspecified atom stereocenters. The Balaban J connectivity index is 1.58. The van der Waals surface area contributed by atoms with Gasteiger partial charge in [0.2, 0.25) is 5.90 Å². The molecule has 8 nitrogen and oxygen atoms in total. The Morgan fingerprint density at radius 1 is 1.11 bits per heavy atom. The molecule has 4 rings (SSSR count). The number of rotatable bonds is 7. The third-order valence-electron chi connectivity index (χ3n) is 5.32. The third-order valence-corrected chi connectivity index (χ3v) is 6.12. The minimum atomic E-state index is -0.607. The van der Waals surface area contributed by atoms with Crippen LogP contribution in [-0.2, 0) is 16.1 Å². The first-order valence-corrected chi connectivity index (χ1v) is 11.7. The van der Waals surface area contributed by atoms with Crippen LogP contribution in [0, 0.1) is 27.5 Å². The third kappa shape index (κ3) is 5.51. The molecule has 0 atom stereocenters. The Morgan fingerprint density at radius 2 is 1.86 bits per heavy atom. The summed E-state index contributed by atoms with van der Waals surface area (Å²) in [6.07, 6.45) is 1.60. The molecule has 0 amide bonds. The van der Waals surface area contributed by atoms with Crippen LogP contribution < -0.4 is 9.47 Å². The Labute approximate surface area is 215 Å². The lowest BCUT2D eigenvalue weighted by atomic mass is 10.1. The van der Waals surface area contributed by atoms with Crippen molar-refractivity contribution in [2.75, 3.05) is 7.11 Å². The Kier molecular flexibility index (Phi) is 7.15. The maximum atomic E-state index is 12.4. The summed E-state index contributed by atoms with van der Waals surface area (Å²) in [6, 6.07) is 16.2. The number of benzene rings is 3. The number of carbonyl (C=O) groups is 1. The van der Waals surface area contributed by atoms with Gasteiger partial charge in [-0.1, -0.05) is 29.8 Å². The van der Waals surface area contributed by atoms with Crippen LogP contribution >= 0.6 is 22.6 Å². The van der Waals surface area contributed by atoms with Gasteiger partial charge in [-0.2, -0.15) is 0 Å². The van der Waals surface area contributed by atoms with Crippen molar-refractivity contribution in [3.63, 3.8) is 0 Å². The average Bonchev–Trinajstić information content (AvgIpc) is 3.18. The van der Waals surface area contributed by atoms with Gasteiger partial charge in [-0.25, -0.2) is 9.79 Å². The maximum Gasteiger partial charge on any atom is 0.363 e. The highest BCUT2D eigenvalue weighted by atomic mass is 127. The molecule has 0 aliphatic carbocycles. The van der Waals surface area contributed by atoms with E-state index in [1.54, 1.807) is 32.2 Å². The zero-order valence-electron chi connectivity index (χ0n) is 19.2. The highest BCUT2D eigenvalue weighted by Crippen LogP contribution is 2.35. The van der Waals surface area contributed by atoms with Crippen LogP contribution in [0.1, 0.15) is 27.8 Å². The minimum Gasteiger partial charge on any atom is -0.493 e. The van der Waals surface area contributed by atoms with E-state index >= 15 is 0 Å². The molecule has 3 aromatic rings. The summed E-state index contributed by atoms with van der Waals surface area (Å²) in [5.41, 5.74) is 3.93. The molecule has 0 saturated heterocycles. The van der Waals surface area contributed by atoms with Crippen LogP contribution in [-0.4, -0.2) is 23.9 Å². The van der Waals surface area contributed by atoms with Crippen LogP contribution in [0.15, 0.2) is 65.3 Å². The van der Waals surface area contributed by atoms with Gasteiger partial charge in [0.1, 0.15) is 6.61 Å². The number of esters is 1. The van der Waals surface area contributed by atoms with Gasteiger partial charge in [-0.15, -0.1) is 0 Å². The molecule has 0 N–H and O–H groups in total. The van der Waals surface area contributed by atoms with Crippen molar-refractivity contribution >= 4 is 46.2 Å². The van der Waals surface area contributed by atoms with E-state index in [0.29, 0.717) is 34.8 Å². The molecule has 35 heavy (non-hydrogen) atoms. The molecule has 1 aliphatic rings. The van der Waals surface area contributed by atoms with E-state index < -0.39 is 10.9 Å². The molecular weight excluding hydrogens is 563 g/mol. The lowest BCUT2D eigenvalue weighted by Gasteiger charge is -2.14. The minimum absolute atomic E-state index is 0.0132. The molecule has 1 heterocycles. The number of hydrogen-bond acceptors (Lipinski definition) is 7. The van der Waals surface area contributed by atoms with Crippen molar-refractivity contribution in [2.45, 2.75) is 20.5 Å². The highest BCUT2D eigenvalue weighted by Gasteiger charge is 2.25. The number of methoxy groups -OCH3 is 1. The number of aryl methyl sites for hydroxylation is 2. The number of nitro benzene ring substituents is 1. The molecule has 0 aromatic heterocycles. The summed E-state index contributed by atoms with van der Waals surface area (Å²) >= 11 is 2.16. The number of cyclic esters (lactones) is 1. The Morgan fingerprint density at radius 3 is 2.51 bits per heavy atom. The number of nitrogens with zero attached hydrogens (tertiary/aromatic N) is 2. The molecule has 3 aromatic carbocycles. The predicted octanol–water partition coefficient (Wildman–Crippen LogP) is 5.75. The smallest absolute Gasteiger partial charge is 0.363 e. The highest BCUT2D eigenvalue weighted by molar-refractivity contribution is 14.1. The van der Waals surface area contributed by atoms with Crippen LogP contribution in [0.4, 0.5) is 5.69 Å². The van der Waals surface area contributed by atoms with Crippen molar-refractivity contribution < 1.29 is 23.9 Å². The molecule has 0 saturated carbocycles. The van der Waals surface area contributed by atoms with Gasteiger partial charge in [-0.3, -0.25) is 10.1 Å². The number of hydrogen-bond donors (Lipinski definition) is 0. The summed E-state index contributed by atoms with van der Waals surface area (Å²) in [5, 5.41) is 11.1. The number of carbonyl (C=O) groups excluding carboxylic acids is 1. The van der Waals surface area contributed by atoms with Crippen molar-refractivity contribution in [1.82, 2.24) is 0 Å². The first-order chi connectivity index (χ1) is 16.7. The molecule has 178 valence electrons. The predicted molar refractivity (Wildman–Crippen MR) is 140 cm³/mol. The van der Waals surface area contributed by atoms with Crippen molar-refractivity contribution in [2.24, 2.45) is 4.99 Å². The summed E-state index contributed by atoms with van der Waals surface area (Å²) in [4.78, 5) is 27.3. The first kappa shape index (κ1) is 24.4. The zero-order chi connectivity index (χ0) is 25.1. The van der Waals surface area contributed by atoms with Gasteiger partial charge in [0.05, 0.1) is 15.6 Å². The van der Waals surface area contributed by atoms with E-state index in [-0.39, 0.29) is 17.3 Å². The molecule has 0 bridgehead atoms. The Bertz CT molecular complexity index is 1380. The second kappa shape index (κ2) is 10.3. The summed E-state index contributed by atoms with van der Waals surface area (Å²) < 4.78 is 17.7. The van der Waals surface area contributed by atoms with Gasteiger partial charge in [0.15, 0.2) is 17.2 Å². The molecule has 0 spiro atoms. The molecule has 1 aliphatic heterocycles. The standard InChI is InChI=1S/C26H21IN2O6/c1-15-4-6-17(7-5-15)14-34-24-20(27)11-18(13-23(24)33-3)12-21-26(30)35-25(28-21)19-8-9-22(29(31)32)16(2)10-19/h4-13H,14H2,1-3H3/b21-12-. The van der Waals surface area contributed by atoms with E-state index in [4.69, 9.17) is 14.2 Å². The van der Waals surface area contributed by atoms with Gasteiger partial charge in [0.25, 0.3) is 5.69 Å². The average molecular weight is 584 g/mol. The SMILES string of the molecule is COc1cc(/C=C2\N=C(c3ccc([N+](=O)[O-])c(C)c3)OC2=O)cc(I)c1OCc1ccc(C)cc1. The van der Waals surface area contributed by atoms with E-state index in [1.807, 2.05) is 37.3 Å². The van der Waals surface area contributed by atoms with Crippen LogP contribution in [0.5, 0.6) is 11.5 Å². The van der Waals surface area contributed by atoms with E-state index in [1.165, 1.54) is 17.7 Å². The number of aliphatic imine (C=N–C) groups is 1. The Hall–Kier alpha value is -3.73. The molecular formula is C26H21IN2O6. The van der Waals surface area contributed by atoms with Gasteiger partial charge in [0, 0.05) is 17.2 Å². The van der Waals surface area contributed by atoms with Crippen molar-refractivity contribution in [3.8, 4) is 11.5 Å².